The van der Waals surface area contributed by atoms with Crippen molar-refractivity contribution in [1.29, 1.82) is 0 Å². The van der Waals surface area contributed by atoms with Crippen LogP contribution in [0.1, 0.15) is 62.5 Å². The van der Waals surface area contributed by atoms with Crippen LogP contribution in [-0.4, -0.2) is 66.2 Å². The molecule has 17 heteroatoms. The van der Waals surface area contributed by atoms with Crippen molar-refractivity contribution in [1.82, 2.24) is 17.1 Å². The number of pyridine rings is 2. The highest BCUT2D eigenvalue weighted by Crippen LogP contribution is 2.55. The number of aliphatic imine (C=N–C) groups is 1. The van der Waals surface area contributed by atoms with E-state index in [1.54, 1.807) is 99.3 Å². The van der Waals surface area contributed by atoms with Crippen LogP contribution in [0, 0.1) is 24.7 Å². The van der Waals surface area contributed by atoms with Crippen LogP contribution in [0.5, 0.6) is 0 Å². The van der Waals surface area contributed by atoms with E-state index in [-0.39, 0.29) is 26.4 Å². The summed E-state index contributed by atoms with van der Waals surface area (Å²) in [6.07, 6.45) is 17.9. The van der Waals surface area contributed by atoms with Crippen LogP contribution in [0.4, 0.5) is 22.7 Å². The van der Waals surface area contributed by atoms with Crippen molar-refractivity contribution in [2.45, 2.75) is 75.0 Å². The molecule has 380 valence electrons. The van der Waals surface area contributed by atoms with Crippen LogP contribution in [0.2, 0.25) is 0 Å². The van der Waals surface area contributed by atoms with Gasteiger partial charge >= 0.3 is 0 Å². The van der Waals surface area contributed by atoms with Gasteiger partial charge in [0.2, 0.25) is 6.08 Å². The molecular formula is C57H58N8O7S2. The fraction of sp³-hybridized carbons (Fsp3) is 0.316. The van der Waals surface area contributed by atoms with Crippen molar-refractivity contribution in [3.63, 3.8) is 0 Å². The van der Waals surface area contributed by atoms with E-state index >= 15 is 0 Å². The molecule has 4 fully saturated rings. The predicted octanol–water partition coefficient (Wildman–Crippen LogP) is 9.42. The van der Waals surface area contributed by atoms with Crippen molar-refractivity contribution >= 4 is 70.7 Å². The first-order valence-electron chi connectivity index (χ1n) is 25.1. The molecule has 15 nitrogen and oxygen atoms in total. The van der Waals surface area contributed by atoms with Gasteiger partial charge in [-0.15, -0.1) is 0 Å². The Balaban J connectivity index is 0.000000159. The number of carbonyl (C=O) groups excluding carboxylic acids is 1. The number of piperidine rings is 2. The van der Waals surface area contributed by atoms with Crippen LogP contribution >= 0.6 is 0 Å². The topological polar surface area (TPSA) is 184 Å². The molecule has 0 radical (unpaired) electrons. The molecule has 8 aromatic rings. The maximum Gasteiger partial charge on any atom is 0.275 e. The van der Waals surface area contributed by atoms with Gasteiger partial charge in [-0.25, -0.2) is 29.6 Å². The molecule has 4 aromatic heterocycles. The molecule has 0 atom stereocenters. The lowest BCUT2D eigenvalue weighted by Gasteiger charge is -2.35. The van der Waals surface area contributed by atoms with Crippen LogP contribution in [-0.2, 0) is 38.9 Å². The minimum atomic E-state index is -4.01. The van der Waals surface area contributed by atoms with E-state index in [0.29, 0.717) is 38.5 Å². The Labute approximate surface area is 429 Å². The van der Waals surface area contributed by atoms with Crippen molar-refractivity contribution in [3.8, 4) is 22.3 Å². The minimum Gasteiger partial charge on any atom is -0.399 e. The maximum atomic E-state index is 13.6. The molecule has 2 aliphatic carbocycles. The van der Waals surface area contributed by atoms with E-state index < -0.39 is 25.6 Å². The molecule has 0 unspecified atom stereocenters. The monoisotopic (exact) mass is 1030 g/mol. The van der Waals surface area contributed by atoms with Gasteiger partial charge in [0.05, 0.1) is 15.5 Å². The number of benzene rings is 4. The van der Waals surface area contributed by atoms with Gasteiger partial charge < -0.3 is 24.7 Å². The molecule has 2 N–H and O–H groups in total. The number of nitrogen functional groups attached to an aromatic ring is 1. The molecule has 4 aromatic carbocycles. The minimum absolute atomic E-state index is 0.0800. The van der Waals surface area contributed by atoms with Gasteiger partial charge in [-0.2, -0.15) is 4.99 Å². The third-order valence-electron chi connectivity index (χ3n) is 16.1. The van der Waals surface area contributed by atoms with Crippen LogP contribution in [0.25, 0.3) is 44.1 Å². The van der Waals surface area contributed by atoms with Crippen molar-refractivity contribution in [2.24, 2.45) is 29.9 Å². The number of rotatable bonds is 9. The zero-order chi connectivity index (χ0) is 51.9. The number of fused-ring (bicyclic) bond motifs is 2. The molecule has 2 saturated carbocycles. The standard InChI is InChI=1S/C29H28N4O4S.C28H30N4O3S/c1-20-3-6-22(7-4-20)38(36,37)33-14-9-23-25(18-31(2)28(35)27(23)33)24-17-21(30-19-34)5-8-26(24)32-15-12-29(10-11-29)13-16-32;1-19-3-6-21(7-4-19)36(34,35)32-14-9-22-24(18-30(2)27(33)26(22)32)23-17-20(29)5-8-25(23)31-15-12-28(10-11-28)13-16-31/h3-9,14,17-18H,10-13,15-16H2,1-2H3;3-9,14,17-18H,10-13,15-16,29H2,1-2H3. The highest BCUT2D eigenvalue weighted by atomic mass is 32.2. The fourth-order valence-corrected chi connectivity index (χ4v) is 13.8. The quantitative estimate of drug-likeness (QED) is 0.0830. The van der Waals surface area contributed by atoms with E-state index in [2.05, 4.69) is 14.8 Å². The second-order valence-corrected chi connectivity index (χ2v) is 24.6. The van der Waals surface area contributed by atoms with E-state index in [9.17, 15) is 31.2 Å². The number of anilines is 3. The Hall–Kier alpha value is -7.46. The van der Waals surface area contributed by atoms with Gasteiger partial charge in [-0.05, 0) is 149 Å². The smallest absolute Gasteiger partial charge is 0.275 e. The van der Waals surface area contributed by atoms with E-state index in [4.69, 9.17) is 5.73 Å². The number of hydrogen-bond donors (Lipinski definition) is 1. The Bertz CT molecular complexity index is 3950. The number of hydrogen-bond acceptors (Lipinski definition) is 11. The Kier molecular flexibility index (Phi) is 12.0. The fourth-order valence-electron chi connectivity index (χ4n) is 11.1. The summed E-state index contributed by atoms with van der Waals surface area (Å²) in [5, 5.41) is 1.12. The molecule has 0 bridgehead atoms. The van der Waals surface area contributed by atoms with Gasteiger partial charge in [0.25, 0.3) is 31.2 Å². The van der Waals surface area contributed by atoms with Crippen molar-refractivity contribution in [2.75, 3.05) is 41.7 Å². The lowest BCUT2D eigenvalue weighted by Crippen LogP contribution is -2.34. The van der Waals surface area contributed by atoms with Gasteiger partial charge in [0.1, 0.15) is 11.0 Å². The summed E-state index contributed by atoms with van der Waals surface area (Å²) >= 11 is 0. The summed E-state index contributed by atoms with van der Waals surface area (Å²) in [5.41, 5.74) is 14.9. The summed E-state index contributed by atoms with van der Waals surface area (Å²) in [6.45, 7) is 7.58. The van der Waals surface area contributed by atoms with E-state index in [1.165, 1.54) is 60.1 Å². The molecule has 12 rings (SSSR count). The van der Waals surface area contributed by atoms with Gasteiger partial charge in [0, 0.05) is 115 Å². The SMILES string of the molecule is Cc1ccc(S(=O)(=O)n2ccc3c(-c4cc(N)ccc4N4CCC5(CC4)CC5)cn(C)c(=O)c32)cc1.Cc1ccc(S(=O)(=O)n2ccc3c(-c4cc(N=C=O)ccc4N4CCC5(CC4)CC5)cn(C)c(=O)c32)cc1. The first-order valence-corrected chi connectivity index (χ1v) is 28.0. The predicted molar refractivity (Wildman–Crippen MR) is 291 cm³/mol. The lowest BCUT2D eigenvalue weighted by molar-refractivity contribution is 0.384. The summed E-state index contributed by atoms with van der Waals surface area (Å²) in [6, 6.07) is 28.1. The Morgan fingerprint density at radius 1 is 0.527 bits per heavy atom. The van der Waals surface area contributed by atoms with Crippen LogP contribution in [0.3, 0.4) is 0 Å². The third kappa shape index (κ3) is 8.65. The zero-order valence-corrected chi connectivity index (χ0v) is 43.5. The Morgan fingerprint density at radius 2 is 0.932 bits per heavy atom. The maximum absolute atomic E-state index is 13.6. The molecule has 0 amide bonds. The second-order valence-electron chi connectivity index (χ2n) is 21.0. The number of aryl methyl sites for hydroxylation is 4. The summed E-state index contributed by atoms with van der Waals surface area (Å²) in [5.74, 6) is 0. The third-order valence-corrected chi connectivity index (χ3v) is 19.5. The van der Waals surface area contributed by atoms with Crippen LogP contribution in [0.15, 0.2) is 146 Å². The van der Waals surface area contributed by atoms with E-state index in [0.717, 1.165) is 86.2 Å². The number of nitrogens with two attached hydrogens (primary N) is 1. The highest BCUT2D eigenvalue weighted by Gasteiger charge is 2.45. The molecule has 4 aliphatic rings. The summed E-state index contributed by atoms with van der Waals surface area (Å²) in [4.78, 5) is 46.5. The largest absolute Gasteiger partial charge is 0.399 e. The van der Waals surface area contributed by atoms with Gasteiger partial charge in [-0.3, -0.25) is 9.59 Å². The average molecular weight is 1030 g/mol. The second kappa shape index (κ2) is 18.2. The molecule has 2 aliphatic heterocycles. The van der Waals surface area contributed by atoms with Gasteiger partial charge in [0.15, 0.2) is 0 Å². The average Bonchev–Trinajstić information content (AvgIpc) is 4.21. The molecular weight excluding hydrogens is 973 g/mol. The highest BCUT2D eigenvalue weighted by molar-refractivity contribution is 7.90. The first-order chi connectivity index (χ1) is 35.4. The van der Waals surface area contributed by atoms with Gasteiger partial charge in [-0.1, -0.05) is 35.4 Å². The van der Waals surface area contributed by atoms with Crippen LogP contribution < -0.4 is 26.7 Å². The molecule has 6 heterocycles. The molecule has 2 spiro atoms. The summed E-state index contributed by atoms with van der Waals surface area (Å²) < 4.78 is 59.4. The normalized spacial score (nSPS) is 16.8. The van der Waals surface area contributed by atoms with Crippen molar-refractivity contribution < 1.29 is 21.6 Å². The zero-order valence-electron chi connectivity index (χ0n) is 41.9. The molecule has 74 heavy (non-hydrogen) atoms. The Morgan fingerprint density at radius 3 is 1.34 bits per heavy atom. The van der Waals surface area contributed by atoms with Crippen molar-refractivity contribution in [3.05, 3.63) is 154 Å². The number of nitrogens with zero attached hydrogens (tertiary/aromatic N) is 7. The lowest BCUT2D eigenvalue weighted by atomic mass is 9.92. The number of aromatic nitrogens is 4. The van der Waals surface area contributed by atoms with E-state index in [1.807, 2.05) is 44.2 Å². The first kappa shape index (κ1) is 48.8. The number of isocyanates is 1. The summed E-state index contributed by atoms with van der Waals surface area (Å²) in [7, 11) is -4.69. The molecule has 2 saturated heterocycles.